The molecule has 2 aromatic rings. The molecule has 1 atom stereocenters. The molecule has 0 bridgehead atoms. The number of allylic oxidation sites excluding steroid dienone is 1. The highest BCUT2D eigenvalue weighted by atomic mass is 19.2. The number of rotatable bonds is 7. The molecular formula is C27H30F4O. The molecule has 32 heavy (non-hydrogen) atoms. The third-order valence-electron chi connectivity index (χ3n) is 6.70. The largest absolute Gasteiger partial charge is 0.498 e. The first-order chi connectivity index (χ1) is 15.5. The molecule has 0 amide bonds. The molecule has 0 spiro atoms. The fourth-order valence-corrected chi connectivity index (χ4v) is 4.96. The van der Waals surface area contributed by atoms with Gasteiger partial charge in [0.2, 0.25) is 0 Å². The Kier molecular flexibility index (Phi) is 6.92. The van der Waals surface area contributed by atoms with Crippen LogP contribution in [0.2, 0.25) is 0 Å². The summed E-state index contributed by atoms with van der Waals surface area (Å²) in [6.07, 6.45) is 9.38. The Bertz CT molecular complexity index is 1040. The maximum absolute atomic E-state index is 15.3. The topological polar surface area (TPSA) is 9.23 Å². The number of hydrogen-bond acceptors (Lipinski definition) is 1. The van der Waals surface area contributed by atoms with E-state index in [9.17, 15) is 8.78 Å². The quantitative estimate of drug-likeness (QED) is 0.309. The van der Waals surface area contributed by atoms with Crippen LogP contribution in [0.1, 0.15) is 81.0 Å². The maximum atomic E-state index is 15.3. The molecule has 1 unspecified atom stereocenters. The molecule has 2 aromatic carbocycles. The van der Waals surface area contributed by atoms with Gasteiger partial charge in [-0.2, -0.15) is 0 Å². The fourth-order valence-electron chi connectivity index (χ4n) is 4.96. The lowest BCUT2D eigenvalue weighted by atomic mass is 9.81. The third kappa shape index (κ3) is 4.18. The molecule has 1 nitrogen and oxygen atoms in total. The predicted octanol–water partition coefficient (Wildman–Crippen LogP) is 8.06. The zero-order chi connectivity index (χ0) is 22.8. The smallest absolute Gasteiger partial charge is 0.167 e. The van der Waals surface area contributed by atoms with Gasteiger partial charge in [-0.1, -0.05) is 39.2 Å². The second-order valence-electron chi connectivity index (χ2n) is 8.97. The highest BCUT2D eigenvalue weighted by Crippen LogP contribution is 2.42. The molecule has 2 aliphatic rings. The second kappa shape index (κ2) is 9.68. The van der Waals surface area contributed by atoms with E-state index < -0.39 is 23.3 Å². The summed E-state index contributed by atoms with van der Waals surface area (Å²) in [4.78, 5) is 0. The van der Waals surface area contributed by atoms with Gasteiger partial charge in [-0.3, -0.25) is 0 Å². The zero-order valence-electron chi connectivity index (χ0n) is 18.8. The number of fused-ring (bicyclic) bond motifs is 3. The van der Waals surface area contributed by atoms with Crippen LogP contribution in [0.3, 0.4) is 0 Å². The first-order valence-electron chi connectivity index (χ1n) is 11.8. The van der Waals surface area contributed by atoms with Crippen molar-refractivity contribution in [3.63, 3.8) is 0 Å². The lowest BCUT2D eigenvalue weighted by Gasteiger charge is -2.26. The van der Waals surface area contributed by atoms with Gasteiger partial charge in [-0.05, 0) is 73.3 Å². The normalized spacial score (nSPS) is 17.4. The lowest BCUT2D eigenvalue weighted by Crippen LogP contribution is -2.16. The van der Waals surface area contributed by atoms with E-state index in [1.165, 1.54) is 0 Å². The summed E-state index contributed by atoms with van der Waals surface area (Å²) in [6.45, 7) is 4.04. The molecule has 0 N–H and O–H groups in total. The molecule has 0 radical (unpaired) electrons. The first kappa shape index (κ1) is 22.9. The van der Waals surface area contributed by atoms with Crippen molar-refractivity contribution in [3.8, 4) is 11.1 Å². The standard InChI is InChI=1S/C27H30F4O/c1-3-5-6-8-20-12-11-19(15-32-20)21-14-17-10-9-16-13-18(7-4-2)24(28)26(30)22(16)23(17)27(31)25(21)29/h13-15,20H,3-12H2,1-2H3. The minimum absolute atomic E-state index is 0.108. The van der Waals surface area contributed by atoms with Crippen molar-refractivity contribution in [2.45, 2.75) is 84.2 Å². The van der Waals surface area contributed by atoms with Crippen LogP contribution in [0.25, 0.3) is 16.7 Å². The number of halogens is 4. The highest BCUT2D eigenvalue weighted by Gasteiger charge is 2.31. The number of aryl methyl sites for hydroxylation is 3. The third-order valence-corrected chi connectivity index (χ3v) is 6.70. The van der Waals surface area contributed by atoms with Gasteiger partial charge in [0.15, 0.2) is 23.3 Å². The average Bonchev–Trinajstić information content (AvgIpc) is 2.80. The Hall–Kier alpha value is -2.30. The Morgan fingerprint density at radius 1 is 0.812 bits per heavy atom. The average molecular weight is 447 g/mol. The molecule has 1 aliphatic heterocycles. The summed E-state index contributed by atoms with van der Waals surface area (Å²) in [7, 11) is 0. The van der Waals surface area contributed by atoms with E-state index >= 15 is 8.78 Å². The summed E-state index contributed by atoms with van der Waals surface area (Å²) in [5.74, 6) is -4.16. The number of benzene rings is 2. The van der Waals surface area contributed by atoms with Gasteiger partial charge in [0.05, 0.1) is 12.4 Å². The van der Waals surface area contributed by atoms with Crippen LogP contribution in [0.5, 0.6) is 0 Å². The molecule has 1 aliphatic carbocycles. The second-order valence-corrected chi connectivity index (χ2v) is 8.97. The van der Waals surface area contributed by atoms with Crippen LogP contribution >= 0.6 is 0 Å². The Labute approximate surface area is 187 Å². The van der Waals surface area contributed by atoms with Crippen LogP contribution in [0.4, 0.5) is 17.6 Å². The summed E-state index contributed by atoms with van der Waals surface area (Å²) >= 11 is 0. The van der Waals surface area contributed by atoms with Crippen LogP contribution in [-0.4, -0.2) is 6.10 Å². The Balaban J connectivity index is 1.69. The highest BCUT2D eigenvalue weighted by molar-refractivity contribution is 5.78. The number of ether oxygens (including phenoxy) is 1. The lowest BCUT2D eigenvalue weighted by molar-refractivity contribution is 0.116. The van der Waals surface area contributed by atoms with Gasteiger partial charge in [0.1, 0.15) is 0 Å². The van der Waals surface area contributed by atoms with Crippen molar-refractivity contribution in [1.29, 1.82) is 0 Å². The summed E-state index contributed by atoms with van der Waals surface area (Å²) in [5.41, 5.74) is 1.87. The minimum Gasteiger partial charge on any atom is -0.498 e. The summed E-state index contributed by atoms with van der Waals surface area (Å²) < 4.78 is 65.8. The molecular weight excluding hydrogens is 416 g/mol. The predicted molar refractivity (Wildman–Crippen MR) is 119 cm³/mol. The van der Waals surface area contributed by atoms with Gasteiger partial charge in [0, 0.05) is 16.7 Å². The van der Waals surface area contributed by atoms with Gasteiger partial charge in [-0.15, -0.1) is 0 Å². The SMILES string of the molecule is CCCCCC1CCC(c2cc3c(c(F)c2F)-c2c(cc(CCC)c(F)c2F)CC3)=CO1. The van der Waals surface area contributed by atoms with Gasteiger partial charge in [-0.25, -0.2) is 17.6 Å². The van der Waals surface area contributed by atoms with Gasteiger partial charge in [0.25, 0.3) is 0 Å². The van der Waals surface area contributed by atoms with Gasteiger partial charge < -0.3 is 4.74 Å². The van der Waals surface area contributed by atoms with E-state index in [0.29, 0.717) is 54.4 Å². The fraction of sp³-hybridized carbons (Fsp3) is 0.481. The van der Waals surface area contributed by atoms with E-state index in [-0.39, 0.29) is 22.8 Å². The van der Waals surface area contributed by atoms with Crippen LogP contribution < -0.4 is 0 Å². The molecule has 0 saturated heterocycles. The van der Waals surface area contributed by atoms with Crippen LogP contribution in [-0.2, 0) is 24.0 Å². The van der Waals surface area contributed by atoms with E-state index in [0.717, 1.165) is 32.1 Å². The first-order valence-corrected chi connectivity index (χ1v) is 11.8. The number of unbranched alkanes of at least 4 members (excludes halogenated alkanes) is 2. The minimum atomic E-state index is -1.11. The molecule has 5 heteroatoms. The summed E-state index contributed by atoms with van der Waals surface area (Å²) in [6, 6.07) is 3.21. The maximum Gasteiger partial charge on any atom is 0.167 e. The molecule has 0 saturated carbocycles. The van der Waals surface area contributed by atoms with E-state index in [1.807, 2.05) is 6.92 Å². The monoisotopic (exact) mass is 446 g/mol. The van der Waals surface area contributed by atoms with Crippen molar-refractivity contribution in [2.75, 3.05) is 0 Å². The van der Waals surface area contributed by atoms with E-state index in [2.05, 4.69) is 6.92 Å². The van der Waals surface area contributed by atoms with E-state index in [4.69, 9.17) is 4.74 Å². The Morgan fingerprint density at radius 3 is 2.12 bits per heavy atom. The zero-order valence-corrected chi connectivity index (χ0v) is 18.8. The summed E-state index contributed by atoms with van der Waals surface area (Å²) in [5, 5.41) is 0. The Morgan fingerprint density at radius 2 is 1.50 bits per heavy atom. The van der Waals surface area contributed by atoms with Crippen molar-refractivity contribution in [2.24, 2.45) is 0 Å². The molecule has 0 fully saturated rings. The molecule has 0 aromatic heterocycles. The van der Waals surface area contributed by atoms with Crippen molar-refractivity contribution >= 4 is 5.57 Å². The van der Waals surface area contributed by atoms with Crippen LogP contribution in [0.15, 0.2) is 18.4 Å². The molecule has 4 rings (SSSR count). The van der Waals surface area contributed by atoms with Crippen molar-refractivity contribution in [3.05, 3.63) is 63.9 Å². The molecule has 172 valence electrons. The van der Waals surface area contributed by atoms with Crippen molar-refractivity contribution in [1.82, 2.24) is 0 Å². The van der Waals surface area contributed by atoms with Crippen LogP contribution in [0, 0.1) is 23.3 Å². The van der Waals surface area contributed by atoms with Gasteiger partial charge >= 0.3 is 0 Å². The molecule has 1 heterocycles. The van der Waals surface area contributed by atoms with Crippen molar-refractivity contribution < 1.29 is 22.3 Å². The van der Waals surface area contributed by atoms with E-state index in [1.54, 1.807) is 18.4 Å². The number of hydrogen-bond donors (Lipinski definition) is 0.